The fraction of sp³-hybridized carbons (Fsp3) is 0.435. The molecule has 0 saturated heterocycles. The topological polar surface area (TPSA) is 47.6 Å². The summed E-state index contributed by atoms with van der Waals surface area (Å²) in [6.07, 6.45) is -0.715. The number of ether oxygens (including phenoxy) is 2. The van der Waals surface area contributed by atoms with Crippen LogP contribution in [-0.2, 0) is 16.1 Å². The molecule has 0 saturated carbocycles. The van der Waals surface area contributed by atoms with Crippen molar-refractivity contribution < 1.29 is 14.3 Å². The van der Waals surface area contributed by atoms with Crippen molar-refractivity contribution in [1.29, 1.82) is 0 Å². The zero-order valence-corrected chi connectivity index (χ0v) is 18.3. The van der Waals surface area contributed by atoms with E-state index in [1.54, 1.807) is 13.1 Å². The van der Waals surface area contributed by atoms with Gasteiger partial charge in [-0.25, -0.2) is 0 Å². The number of benzene rings is 2. The molecule has 0 aliphatic heterocycles. The van der Waals surface area contributed by atoms with Gasteiger partial charge in [0.15, 0.2) is 6.10 Å². The molecule has 2 aromatic rings. The molecule has 0 radical (unpaired) electrons. The number of halogens is 1. The van der Waals surface area contributed by atoms with E-state index in [1.807, 2.05) is 12.1 Å². The average Bonchev–Trinajstić information content (AvgIpc) is 2.67. The number of carbonyl (C=O) groups excluding carboxylic acids is 1. The van der Waals surface area contributed by atoms with E-state index in [1.165, 1.54) is 12.7 Å². The number of hydrogen-bond acceptors (Lipinski definition) is 3. The molecule has 1 unspecified atom stereocenters. The van der Waals surface area contributed by atoms with Crippen LogP contribution in [-0.4, -0.2) is 20.1 Å². The Morgan fingerprint density at radius 2 is 1.71 bits per heavy atom. The summed E-state index contributed by atoms with van der Waals surface area (Å²) in [5.41, 5.74) is 3.96. The third-order valence-corrected chi connectivity index (χ3v) is 5.05. The average molecular weight is 404 g/mol. The van der Waals surface area contributed by atoms with Crippen molar-refractivity contribution in [3.05, 3.63) is 63.7 Å². The number of methoxy groups -OCH3 is 1. The first-order valence-electron chi connectivity index (χ1n) is 9.57. The lowest BCUT2D eigenvalue weighted by atomic mass is 9.96. The van der Waals surface area contributed by atoms with E-state index in [9.17, 15) is 4.79 Å². The lowest BCUT2D eigenvalue weighted by molar-refractivity contribution is -0.130. The first-order chi connectivity index (χ1) is 13.3. The summed E-state index contributed by atoms with van der Waals surface area (Å²) in [5.74, 6) is 1.40. The zero-order chi connectivity index (χ0) is 20.8. The second-order valence-electron chi connectivity index (χ2n) is 7.47. The van der Waals surface area contributed by atoms with Gasteiger partial charge in [0.1, 0.15) is 12.4 Å². The molecule has 0 spiro atoms. The highest BCUT2D eigenvalue weighted by Gasteiger charge is 2.22. The summed E-state index contributed by atoms with van der Waals surface area (Å²) >= 11 is 6.21. The van der Waals surface area contributed by atoms with Crippen LogP contribution in [0.3, 0.4) is 0 Å². The first-order valence-corrected chi connectivity index (χ1v) is 9.95. The van der Waals surface area contributed by atoms with Gasteiger partial charge < -0.3 is 14.8 Å². The molecular weight excluding hydrogens is 374 g/mol. The molecule has 5 heteroatoms. The largest absolute Gasteiger partial charge is 0.489 e. The van der Waals surface area contributed by atoms with Crippen LogP contribution >= 0.6 is 11.6 Å². The lowest BCUT2D eigenvalue weighted by Gasteiger charge is -2.20. The Morgan fingerprint density at radius 3 is 2.29 bits per heavy atom. The highest BCUT2D eigenvalue weighted by Crippen LogP contribution is 2.32. The van der Waals surface area contributed by atoms with Gasteiger partial charge in [0.2, 0.25) is 0 Å². The van der Waals surface area contributed by atoms with Gasteiger partial charge in [-0.3, -0.25) is 4.79 Å². The molecule has 0 aliphatic rings. The normalized spacial score (nSPS) is 12.3. The molecule has 28 heavy (non-hydrogen) atoms. The highest BCUT2D eigenvalue weighted by molar-refractivity contribution is 6.30. The van der Waals surface area contributed by atoms with E-state index in [0.29, 0.717) is 23.5 Å². The van der Waals surface area contributed by atoms with Crippen LogP contribution in [0.2, 0.25) is 5.02 Å². The molecule has 2 aromatic carbocycles. The van der Waals surface area contributed by atoms with E-state index >= 15 is 0 Å². The Bertz CT molecular complexity index is 817. The van der Waals surface area contributed by atoms with Gasteiger partial charge in [-0.1, -0.05) is 57.5 Å². The Labute approximate surface area is 173 Å². The summed E-state index contributed by atoms with van der Waals surface area (Å²) in [7, 11) is 3.11. The van der Waals surface area contributed by atoms with Crippen molar-refractivity contribution in [2.75, 3.05) is 14.2 Å². The fourth-order valence-corrected chi connectivity index (χ4v) is 3.32. The molecule has 0 bridgehead atoms. The van der Waals surface area contributed by atoms with Crippen LogP contribution in [0.1, 0.15) is 67.9 Å². The summed E-state index contributed by atoms with van der Waals surface area (Å²) in [6.45, 7) is 8.92. The van der Waals surface area contributed by atoms with Gasteiger partial charge in [-0.15, -0.1) is 0 Å². The first kappa shape index (κ1) is 22.3. The number of hydrogen-bond donors (Lipinski definition) is 1. The standard InChI is InChI=1S/C23H30ClNO3/c1-14(2)16-7-9-19(15(3)4)21(12-16)28-13-17-11-18(24)8-10-20(17)22(27-6)23(26)25-5/h7-12,14-15,22H,13H2,1-6H3,(H,25,26). The van der Waals surface area contributed by atoms with Crippen molar-refractivity contribution >= 4 is 17.5 Å². The van der Waals surface area contributed by atoms with Crippen LogP contribution < -0.4 is 10.1 Å². The van der Waals surface area contributed by atoms with Gasteiger partial charge in [-0.05, 0) is 52.3 Å². The van der Waals surface area contributed by atoms with Gasteiger partial charge >= 0.3 is 0 Å². The number of nitrogens with one attached hydrogen (secondary N) is 1. The molecule has 1 amide bonds. The SMILES string of the molecule is CNC(=O)C(OC)c1ccc(Cl)cc1COc1cc(C(C)C)ccc1C(C)C. The van der Waals surface area contributed by atoms with Crippen molar-refractivity contribution in [1.82, 2.24) is 5.32 Å². The third kappa shape index (κ3) is 5.27. The molecule has 0 aromatic heterocycles. The van der Waals surface area contributed by atoms with Crippen LogP contribution in [0.5, 0.6) is 5.75 Å². The maximum atomic E-state index is 12.2. The molecule has 152 valence electrons. The molecule has 1 atom stereocenters. The van der Waals surface area contributed by atoms with E-state index in [2.05, 4.69) is 51.2 Å². The van der Waals surface area contributed by atoms with Crippen LogP contribution in [0.4, 0.5) is 0 Å². The smallest absolute Gasteiger partial charge is 0.253 e. The number of amides is 1. The predicted octanol–water partition coefficient (Wildman–Crippen LogP) is 5.60. The Kier molecular flexibility index (Phi) is 7.90. The summed E-state index contributed by atoms with van der Waals surface area (Å²) in [5, 5.41) is 3.23. The lowest BCUT2D eigenvalue weighted by Crippen LogP contribution is -2.27. The Hall–Kier alpha value is -2.04. The van der Waals surface area contributed by atoms with Crippen LogP contribution in [0.15, 0.2) is 36.4 Å². The predicted molar refractivity (Wildman–Crippen MR) is 114 cm³/mol. The van der Waals surface area contributed by atoms with Crippen molar-refractivity contribution in [3.63, 3.8) is 0 Å². The second kappa shape index (κ2) is 9.94. The van der Waals surface area contributed by atoms with Crippen molar-refractivity contribution in [2.45, 2.75) is 52.2 Å². The molecular formula is C23H30ClNO3. The maximum Gasteiger partial charge on any atom is 0.253 e. The minimum Gasteiger partial charge on any atom is -0.489 e. The van der Waals surface area contributed by atoms with E-state index in [0.717, 1.165) is 22.4 Å². The highest BCUT2D eigenvalue weighted by atomic mass is 35.5. The van der Waals surface area contributed by atoms with Crippen molar-refractivity contribution in [2.24, 2.45) is 0 Å². The quantitative estimate of drug-likeness (QED) is 0.624. The Morgan fingerprint density at radius 1 is 1.04 bits per heavy atom. The molecule has 2 rings (SSSR count). The molecule has 4 nitrogen and oxygen atoms in total. The van der Waals surface area contributed by atoms with E-state index < -0.39 is 6.10 Å². The van der Waals surface area contributed by atoms with Gasteiger partial charge in [0, 0.05) is 19.2 Å². The summed E-state index contributed by atoms with van der Waals surface area (Å²) in [4.78, 5) is 12.2. The monoisotopic (exact) mass is 403 g/mol. The second-order valence-corrected chi connectivity index (χ2v) is 7.90. The van der Waals surface area contributed by atoms with E-state index in [-0.39, 0.29) is 5.91 Å². The van der Waals surface area contributed by atoms with Gasteiger partial charge in [0.05, 0.1) is 0 Å². The number of carbonyl (C=O) groups is 1. The maximum absolute atomic E-state index is 12.2. The van der Waals surface area contributed by atoms with Gasteiger partial charge in [-0.2, -0.15) is 0 Å². The van der Waals surface area contributed by atoms with E-state index in [4.69, 9.17) is 21.1 Å². The minimum absolute atomic E-state index is 0.212. The summed E-state index contributed by atoms with van der Waals surface area (Å²) in [6, 6.07) is 11.8. The van der Waals surface area contributed by atoms with Crippen LogP contribution in [0.25, 0.3) is 0 Å². The summed E-state index contributed by atoms with van der Waals surface area (Å²) < 4.78 is 11.7. The number of likely N-dealkylation sites (N-methyl/N-ethyl adjacent to an activating group) is 1. The third-order valence-electron chi connectivity index (χ3n) is 4.82. The van der Waals surface area contributed by atoms with Gasteiger partial charge in [0.25, 0.3) is 5.91 Å². The molecule has 0 aliphatic carbocycles. The molecule has 0 heterocycles. The fourth-order valence-electron chi connectivity index (χ4n) is 3.13. The Balaban J connectivity index is 2.38. The molecule has 1 N–H and O–H groups in total. The zero-order valence-electron chi connectivity index (χ0n) is 17.5. The number of rotatable bonds is 8. The minimum atomic E-state index is -0.715. The van der Waals surface area contributed by atoms with Crippen molar-refractivity contribution in [3.8, 4) is 5.75 Å². The van der Waals surface area contributed by atoms with Crippen LogP contribution in [0, 0.1) is 0 Å². The molecule has 0 fully saturated rings.